The van der Waals surface area contributed by atoms with Crippen LogP contribution in [0, 0.1) is 0 Å². The number of carbonyl (C=O) groups is 1. The van der Waals surface area contributed by atoms with Crippen molar-refractivity contribution in [1.82, 2.24) is 15.2 Å². The summed E-state index contributed by atoms with van der Waals surface area (Å²) in [6, 6.07) is 7.91. The van der Waals surface area contributed by atoms with Gasteiger partial charge in [-0.1, -0.05) is 12.1 Å². The van der Waals surface area contributed by atoms with E-state index in [4.69, 9.17) is 4.74 Å². The molecular formula is C14H19N3O2S. The first kappa shape index (κ1) is 14.7. The van der Waals surface area contributed by atoms with Gasteiger partial charge in [0.15, 0.2) is 0 Å². The first-order valence-electron chi connectivity index (χ1n) is 6.53. The molecule has 2 amide bonds. The van der Waals surface area contributed by atoms with Crippen LogP contribution >= 0.6 is 11.3 Å². The van der Waals surface area contributed by atoms with E-state index in [2.05, 4.69) is 10.3 Å². The minimum Gasteiger partial charge on any atom is -0.385 e. The second-order valence-electron chi connectivity index (χ2n) is 4.51. The van der Waals surface area contributed by atoms with Gasteiger partial charge in [-0.15, -0.1) is 11.3 Å². The van der Waals surface area contributed by atoms with Crippen molar-refractivity contribution < 1.29 is 9.53 Å². The summed E-state index contributed by atoms with van der Waals surface area (Å²) < 4.78 is 6.09. The van der Waals surface area contributed by atoms with Gasteiger partial charge in [-0.3, -0.25) is 0 Å². The molecule has 0 aliphatic carbocycles. The highest BCUT2D eigenvalue weighted by molar-refractivity contribution is 7.18. The minimum absolute atomic E-state index is 0.0830. The third-order valence-corrected chi connectivity index (χ3v) is 3.88. The molecular weight excluding hydrogens is 274 g/mol. The second-order valence-corrected chi connectivity index (χ2v) is 5.62. The molecule has 1 heterocycles. The molecule has 0 saturated heterocycles. The number of hydrogen-bond donors (Lipinski definition) is 1. The molecule has 0 spiro atoms. The fraction of sp³-hybridized carbons (Fsp3) is 0.429. The molecule has 1 N–H and O–H groups in total. The molecule has 0 aliphatic heterocycles. The Kier molecular flexibility index (Phi) is 5.31. The fourth-order valence-electron chi connectivity index (χ4n) is 1.81. The maximum atomic E-state index is 11.9. The van der Waals surface area contributed by atoms with Crippen molar-refractivity contribution >= 4 is 27.6 Å². The highest BCUT2D eigenvalue weighted by Gasteiger charge is 2.11. The largest absolute Gasteiger partial charge is 0.385 e. The molecule has 0 fully saturated rings. The monoisotopic (exact) mass is 293 g/mol. The number of para-hydroxylation sites is 1. The van der Waals surface area contributed by atoms with Gasteiger partial charge in [-0.2, -0.15) is 0 Å². The topological polar surface area (TPSA) is 54.5 Å². The number of urea groups is 1. The molecule has 2 aromatic rings. The summed E-state index contributed by atoms with van der Waals surface area (Å²) in [5, 5.41) is 3.80. The number of carbonyl (C=O) groups excluding carboxylic acids is 1. The van der Waals surface area contributed by atoms with Gasteiger partial charge < -0.3 is 15.0 Å². The molecule has 108 valence electrons. The van der Waals surface area contributed by atoms with Crippen LogP contribution in [0.1, 0.15) is 11.4 Å². The molecule has 1 aromatic heterocycles. The van der Waals surface area contributed by atoms with Gasteiger partial charge in [0, 0.05) is 27.3 Å². The van der Waals surface area contributed by atoms with Gasteiger partial charge in [0.05, 0.1) is 16.8 Å². The SMILES string of the molecule is COCCCNC(=O)N(C)Cc1nc2ccccc2s1. The summed E-state index contributed by atoms with van der Waals surface area (Å²) in [6.07, 6.45) is 0.817. The summed E-state index contributed by atoms with van der Waals surface area (Å²) in [5.41, 5.74) is 0.987. The van der Waals surface area contributed by atoms with Crippen LogP contribution in [-0.2, 0) is 11.3 Å². The summed E-state index contributed by atoms with van der Waals surface area (Å²) in [4.78, 5) is 18.0. The molecule has 20 heavy (non-hydrogen) atoms. The Labute approximate surface area is 122 Å². The summed E-state index contributed by atoms with van der Waals surface area (Å²) in [7, 11) is 3.43. The van der Waals surface area contributed by atoms with Crippen LogP contribution in [0.25, 0.3) is 10.2 Å². The number of fused-ring (bicyclic) bond motifs is 1. The van der Waals surface area contributed by atoms with Crippen molar-refractivity contribution in [3.8, 4) is 0 Å². The summed E-state index contributed by atoms with van der Waals surface area (Å²) in [5.74, 6) is 0. The van der Waals surface area contributed by atoms with Crippen LogP contribution in [0.4, 0.5) is 4.79 Å². The minimum atomic E-state index is -0.0830. The average molecular weight is 293 g/mol. The molecule has 5 nitrogen and oxygen atoms in total. The molecule has 0 saturated carbocycles. The van der Waals surface area contributed by atoms with Gasteiger partial charge in [0.25, 0.3) is 0 Å². The van der Waals surface area contributed by atoms with Gasteiger partial charge in [0.1, 0.15) is 5.01 Å². The molecule has 2 rings (SSSR count). The van der Waals surface area contributed by atoms with Gasteiger partial charge >= 0.3 is 6.03 Å². The first-order valence-corrected chi connectivity index (χ1v) is 7.34. The molecule has 0 bridgehead atoms. The van der Waals surface area contributed by atoms with Crippen LogP contribution < -0.4 is 5.32 Å². The van der Waals surface area contributed by atoms with E-state index in [9.17, 15) is 4.79 Å². The van der Waals surface area contributed by atoms with Crippen LogP contribution in [0.3, 0.4) is 0 Å². The van der Waals surface area contributed by atoms with E-state index in [1.54, 1.807) is 30.4 Å². The molecule has 0 aliphatic rings. The molecule has 6 heteroatoms. The standard InChI is InChI=1S/C14H19N3O2S/c1-17(14(18)15-8-5-9-19-2)10-13-16-11-6-3-4-7-12(11)20-13/h3-4,6-7H,5,8-10H2,1-2H3,(H,15,18). The van der Waals surface area contributed by atoms with Gasteiger partial charge in [-0.05, 0) is 18.6 Å². The van der Waals surface area contributed by atoms with E-state index in [1.165, 1.54) is 0 Å². The van der Waals surface area contributed by atoms with Crippen molar-refractivity contribution in [2.24, 2.45) is 0 Å². The molecule has 0 atom stereocenters. The predicted molar refractivity (Wildman–Crippen MR) is 81.0 cm³/mol. The molecule has 1 aromatic carbocycles. The number of rotatable bonds is 6. The maximum Gasteiger partial charge on any atom is 0.317 e. The van der Waals surface area contributed by atoms with Crippen LogP contribution in [0.5, 0.6) is 0 Å². The third-order valence-electron chi connectivity index (χ3n) is 2.86. The number of benzene rings is 1. The zero-order valence-corrected chi connectivity index (χ0v) is 12.6. The smallest absolute Gasteiger partial charge is 0.317 e. The predicted octanol–water partition coefficient (Wildman–Crippen LogP) is 2.47. The van der Waals surface area contributed by atoms with Crippen molar-refractivity contribution in [3.05, 3.63) is 29.3 Å². The maximum absolute atomic E-state index is 11.9. The van der Waals surface area contributed by atoms with Crippen molar-refractivity contribution in [3.63, 3.8) is 0 Å². The quantitative estimate of drug-likeness (QED) is 0.832. The van der Waals surface area contributed by atoms with E-state index in [-0.39, 0.29) is 6.03 Å². The van der Waals surface area contributed by atoms with E-state index >= 15 is 0 Å². The Hall–Kier alpha value is -1.66. The number of nitrogens with zero attached hydrogens (tertiary/aromatic N) is 2. The summed E-state index contributed by atoms with van der Waals surface area (Å²) in [6.45, 7) is 1.80. The Bertz CT molecular complexity index is 537. The third kappa shape index (κ3) is 3.91. The van der Waals surface area contributed by atoms with Crippen molar-refractivity contribution in [2.45, 2.75) is 13.0 Å². The van der Waals surface area contributed by atoms with Crippen molar-refractivity contribution in [1.29, 1.82) is 0 Å². The van der Waals surface area contributed by atoms with Crippen LogP contribution in [-0.4, -0.2) is 43.2 Å². The van der Waals surface area contributed by atoms with E-state index < -0.39 is 0 Å². The lowest BCUT2D eigenvalue weighted by Gasteiger charge is -2.16. The molecule has 0 radical (unpaired) electrons. The Morgan fingerprint density at radius 1 is 1.45 bits per heavy atom. The lowest BCUT2D eigenvalue weighted by molar-refractivity contribution is 0.188. The van der Waals surface area contributed by atoms with Crippen LogP contribution in [0.15, 0.2) is 24.3 Å². The van der Waals surface area contributed by atoms with E-state index in [1.807, 2.05) is 24.3 Å². The number of thiazole rings is 1. The Morgan fingerprint density at radius 3 is 3.00 bits per heavy atom. The first-order chi connectivity index (χ1) is 9.70. The van der Waals surface area contributed by atoms with Crippen molar-refractivity contribution in [2.75, 3.05) is 27.3 Å². The van der Waals surface area contributed by atoms with E-state index in [0.717, 1.165) is 21.6 Å². The average Bonchev–Trinajstić information content (AvgIpc) is 2.85. The van der Waals surface area contributed by atoms with Gasteiger partial charge in [-0.25, -0.2) is 9.78 Å². The Balaban J connectivity index is 1.86. The second kappa shape index (κ2) is 7.21. The normalized spacial score (nSPS) is 10.7. The highest BCUT2D eigenvalue weighted by atomic mass is 32.1. The molecule has 0 unspecified atom stereocenters. The van der Waals surface area contributed by atoms with Crippen LogP contribution in [0.2, 0.25) is 0 Å². The number of aromatic nitrogens is 1. The Morgan fingerprint density at radius 2 is 2.25 bits per heavy atom. The number of methoxy groups -OCH3 is 1. The number of ether oxygens (including phenoxy) is 1. The van der Waals surface area contributed by atoms with Gasteiger partial charge in [0.2, 0.25) is 0 Å². The lowest BCUT2D eigenvalue weighted by Crippen LogP contribution is -2.37. The highest BCUT2D eigenvalue weighted by Crippen LogP contribution is 2.22. The van der Waals surface area contributed by atoms with E-state index in [0.29, 0.717) is 19.7 Å². The fourth-order valence-corrected chi connectivity index (χ4v) is 2.83. The summed E-state index contributed by atoms with van der Waals surface area (Å²) >= 11 is 1.62. The number of nitrogens with one attached hydrogen (secondary N) is 1. The number of hydrogen-bond acceptors (Lipinski definition) is 4. The lowest BCUT2D eigenvalue weighted by atomic mass is 10.3. The number of amides is 2. The zero-order valence-electron chi connectivity index (χ0n) is 11.8. The zero-order chi connectivity index (χ0) is 14.4.